The molecule has 0 bridgehead atoms. The van der Waals surface area contributed by atoms with E-state index in [9.17, 15) is 9.59 Å². The van der Waals surface area contributed by atoms with Crippen LogP contribution in [0.2, 0.25) is 0 Å². The quantitative estimate of drug-likeness (QED) is 0.813. The lowest BCUT2D eigenvalue weighted by Gasteiger charge is -2.30. The van der Waals surface area contributed by atoms with E-state index < -0.39 is 5.97 Å². The molecule has 6 heteroatoms. The molecule has 2 N–H and O–H groups in total. The fourth-order valence-corrected chi connectivity index (χ4v) is 2.42. The number of pyridine rings is 1. The molecule has 1 atom stereocenters. The van der Waals surface area contributed by atoms with Crippen LogP contribution in [0.4, 0.5) is 0 Å². The highest BCUT2D eigenvalue weighted by molar-refractivity contribution is 5.88. The smallest absolute Gasteiger partial charge is 0.339 e. The zero-order valence-electron chi connectivity index (χ0n) is 11.5. The van der Waals surface area contributed by atoms with Crippen LogP contribution in [0.3, 0.4) is 0 Å². The number of amides is 1. The van der Waals surface area contributed by atoms with Crippen LogP contribution in [0, 0.1) is 5.92 Å². The minimum absolute atomic E-state index is 0.0712. The van der Waals surface area contributed by atoms with Crippen molar-refractivity contribution in [1.29, 1.82) is 0 Å². The van der Waals surface area contributed by atoms with Gasteiger partial charge in [0.25, 0.3) is 0 Å². The van der Waals surface area contributed by atoms with E-state index in [1.165, 1.54) is 13.3 Å². The van der Waals surface area contributed by atoms with Crippen molar-refractivity contribution in [2.45, 2.75) is 19.4 Å². The number of carbonyl (C=O) groups is 2. The first-order valence-corrected chi connectivity index (χ1v) is 6.65. The summed E-state index contributed by atoms with van der Waals surface area (Å²) in [6.07, 6.45) is 3.34. The molecule has 2 heterocycles. The molecule has 1 saturated heterocycles. The molecule has 20 heavy (non-hydrogen) atoms. The van der Waals surface area contributed by atoms with Crippen LogP contribution in [-0.4, -0.2) is 42.0 Å². The number of esters is 1. The van der Waals surface area contributed by atoms with E-state index in [4.69, 9.17) is 5.73 Å². The summed E-state index contributed by atoms with van der Waals surface area (Å²) in [7, 11) is 1.34. The van der Waals surface area contributed by atoms with Gasteiger partial charge < -0.3 is 10.5 Å². The van der Waals surface area contributed by atoms with Gasteiger partial charge in [0.2, 0.25) is 5.91 Å². The standard InChI is InChI=1S/C14H19N3O3/c1-20-14(19)10-4-5-12(16-7-10)9-17-6-2-3-11(8-17)13(15)18/h4-5,7,11H,2-3,6,8-9H2,1H3,(H2,15,18). The molecule has 0 aliphatic carbocycles. The molecule has 1 amide bonds. The first-order valence-electron chi connectivity index (χ1n) is 6.65. The second-order valence-electron chi connectivity index (χ2n) is 5.01. The molecule has 1 aromatic rings. The molecule has 1 aromatic heterocycles. The van der Waals surface area contributed by atoms with Crippen molar-refractivity contribution < 1.29 is 14.3 Å². The zero-order chi connectivity index (χ0) is 14.5. The van der Waals surface area contributed by atoms with E-state index >= 15 is 0 Å². The number of rotatable bonds is 4. The maximum atomic E-state index is 11.3. The van der Waals surface area contributed by atoms with E-state index in [-0.39, 0.29) is 11.8 Å². The van der Waals surface area contributed by atoms with Gasteiger partial charge in [-0.1, -0.05) is 0 Å². The number of nitrogens with two attached hydrogens (primary N) is 1. The Morgan fingerprint density at radius 3 is 2.90 bits per heavy atom. The Hall–Kier alpha value is -1.95. The lowest BCUT2D eigenvalue weighted by Crippen LogP contribution is -2.40. The number of hydrogen-bond donors (Lipinski definition) is 1. The van der Waals surface area contributed by atoms with Crippen molar-refractivity contribution in [2.24, 2.45) is 11.7 Å². The summed E-state index contributed by atoms with van der Waals surface area (Å²) in [4.78, 5) is 29.0. The number of methoxy groups -OCH3 is 1. The Morgan fingerprint density at radius 2 is 2.30 bits per heavy atom. The lowest BCUT2D eigenvalue weighted by molar-refractivity contribution is -0.123. The van der Waals surface area contributed by atoms with Crippen LogP contribution >= 0.6 is 0 Å². The predicted molar refractivity (Wildman–Crippen MR) is 72.8 cm³/mol. The number of piperidine rings is 1. The maximum Gasteiger partial charge on any atom is 0.339 e. The molecule has 0 spiro atoms. The minimum Gasteiger partial charge on any atom is -0.465 e. The van der Waals surface area contributed by atoms with E-state index in [2.05, 4.69) is 14.6 Å². The average Bonchev–Trinajstić information content (AvgIpc) is 2.47. The molecule has 1 unspecified atom stereocenters. The lowest BCUT2D eigenvalue weighted by atomic mass is 9.97. The third-order valence-electron chi connectivity index (χ3n) is 3.54. The van der Waals surface area contributed by atoms with Crippen molar-refractivity contribution in [1.82, 2.24) is 9.88 Å². The fraction of sp³-hybridized carbons (Fsp3) is 0.500. The monoisotopic (exact) mass is 277 g/mol. The Balaban J connectivity index is 1.96. The number of hydrogen-bond acceptors (Lipinski definition) is 5. The molecule has 0 radical (unpaired) electrons. The largest absolute Gasteiger partial charge is 0.465 e. The second kappa shape index (κ2) is 6.47. The van der Waals surface area contributed by atoms with E-state index in [1.807, 2.05) is 0 Å². The van der Waals surface area contributed by atoms with Crippen molar-refractivity contribution >= 4 is 11.9 Å². The van der Waals surface area contributed by atoms with Crippen LogP contribution in [0.15, 0.2) is 18.3 Å². The highest BCUT2D eigenvalue weighted by Crippen LogP contribution is 2.17. The molecule has 1 aliphatic rings. The minimum atomic E-state index is -0.393. The Bertz CT molecular complexity index is 487. The molecule has 2 rings (SSSR count). The third-order valence-corrected chi connectivity index (χ3v) is 3.54. The van der Waals surface area contributed by atoms with Crippen LogP contribution < -0.4 is 5.73 Å². The number of aromatic nitrogens is 1. The third kappa shape index (κ3) is 3.54. The first-order chi connectivity index (χ1) is 9.60. The van der Waals surface area contributed by atoms with E-state index in [1.54, 1.807) is 12.1 Å². The summed E-state index contributed by atoms with van der Waals surface area (Å²) in [6, 6.07) is 3.50. The van der Waals surface area contributed by atoms with Crippen LogP contribution in [0.25, 0.3) is 0 Å². The van der Waals surface area contributed by atoms with Gasteiger partial charge in [-0.3, -0.25) is 14.7 Å². The highest BCUT2D eigenvalue weighted by Gasteiger charge is 2.24. The van der Waals surface area contributed by atoms with Gasteiger partial charge in [-0.15, -0.1) is 0 Å². The van der Waals surface area contributed by atoms with Gasteiger partial charge in [-0.25, -0.2) is 4.79 Å². The van der Waals surface area contributed by atoms with Crippen LogP contribution in [0.5, 0.6) is 0 Å². The molecule has 0 saturated carbocycles. The van der Waals surface area contributed by atoms with Crippen molar-refractivity contribution in [2.75, 3.05) is 20.2 Å². The molecular formula is C14H19N3O3. The van der Waals surface area contributed by atoms with Gasteiger partial charge in [0.1, 0.15) is 0 Å². The number of ether oxygens (including phenoxy) is 1. The zero-order valence-corrected chi connectivity index (χ0v) is 11.5. The summed E-state index contributed by atoms with van der Waals surface area (Å²) in [5.74, 6) is -0.697. The molecule has 1 fully saturated rings. The summed E-state index contributed by atoms with van der Waals surface area (Å²) in [5, 5.41) is 0. The molecule has 6 nitrogen and oxygen atoms in total. The Kier molecular flexibility index (Phi) is 4.68. The molecule has 108 valence electrons. The van der Waals surface area contributed by atoms with Gasteiger partial charge in [-0.2, -0.15) is 0 Å². The van der Waals surface area contributed by atoms with Crippen LogP contribution in [-0.2, 0) is 16.1 Å². The molecule has 0 aromatic carbocycles. The topological polar surface area (TPSA) is 85.5 Å². The summed E-state index contributed by atoms with van der Waals surface area (Å²) >= 11 is 0. The van der Waals surface area contributed by atoms with Gasteiger partial charge in [0.15, 0.2) is 0 Å². The van der Waals surface area contributed by atoms with E-state index in [0.717, 1.165) is 25.1 Å². The normalized spacial score (nSPS) is 19.6. The summed E-state index contributed by atoms with van der Waals surface area (Å²) in [5.41, 5.74) is 6.66. The van der Waals surface area contributed by atoms with Gasteiger partial charge in [0, 0.05) is 19.3 Å². The average molecular weight is 277 g/mol. The maximum absolute atomic E-state index is 11.3. The molecular weight excluding hydrogens is 258 g/mol. The fourth-order valence-electron chi connectivity index (χ4n) is 2.42. The Labute approximate surface area is 117 Å². The van der Waals surface area contributed by atoms with Crippen molar-refractivity contribution in [3.63, 3.8) is 0 Å². The van der Waals surface area contributed by atoms with Crippen LogP contribution in [0.1, 0.15) is 28.9 Å². The molecule has 1 aliphatic heterocycles. The number of primary amides is 1. The van der Waals surface area contributed by atoms with Crippen molar-refractivity contribution in [3.8, 4) is 0 Å². The predicted octanol–water partition coefficient (Wildman–Crippen LogP) is 0.565. The number of likely N-dealkylation sites (tertiary alicyclic amines) is 1. The SMILES string of the molecule is COC(=O)c1ccc(CN2CCCC(C(N)=O)C2)nc1. The van der Waals surface area contributed by atoms with Gasteiger partial charge >= 0.3 is 5.97 Å². The Morgan fingerprint density at radius 1 is 1.50 bits per heavy atom. The van der Waals surface area contributed by atoms with Crippen molar-refractivity contribution in [3.05, 3.63) is 29.6 Å². The number of carbonyl (C=O) groups excluding carboxylic acids is 2. The summed E-state index contributed by atoms with van der Waals surface area (Å²) < 4.78 is 4.63. The number of nitrogens with zero attached hydrogens (tertiary/aromatic N) is 2. The summed E-state index contributed by atoms with van der Waals surface area (Å²) in [6.45, 7) is 2.27. The second-order valence-corrected chi connectivity index (χ2v) is 5.01. The van der Waals surface area contributed by atoms with Gasteiger partial charge in [0.05, 0.1) is 24.3 Å². The van der Waals surface area contributed by atoms with E-state index in [0.29, 0.717) is 18.7 Å². The first kappa shape index (κ1) is 14.5. The van der Waals surface area contributed by atoms with Gasteiger partial charge in [-0.05, 0) is 31.5 Å². The highest BCUT2D eigenvalue weighted by atomic mass is 16.5.